The van der Waals surface area contributed by atoms with E-state index >= 15 is 0 Å². The third-order valence-electron chi connectivity index (χ3n) is 11.3. The summed E-state index contributed by atoms with van der Waals surface area (Å²) in [6, 6.07) is 0.260. The smallest absolute Gasteiger partial charge is 0.0701 e. The molecule has 0 bridgehead atoms. The third kappa shape index (κ3) is 3.54. The fraction of sp³-hybridized carbons (Fsp3) is 0.929. The molecule has 0 amide bonds. The van der Waals surface area contributed by atoms with Crippen molar-refractivity contribution in [3.63, 3.8) is 0 Å². The topological polar surface area (TPSA) is 63.9 Å². The Labute approximate surface area is 195 Å². The van der Waals surface area contributed by atoms with Crippen molar-refractivity contribution in [1.82, 2.24) is 4.90 Å². The molecule has 182 valence electrons. The zero-order chi connectivity index (χ0) is 22.9. The Bertz CT molecular complexity index is 739. The van der Waals surface area contributed by atoms with Crippen LogP contribution in [0.15, 0.2) is 11.1 Å². The summed E-state index contributed by atoms with van der Waals surface area (Å²) in [6.45, 7) is 10.6. The largest absolute Gasteiger partial charge is 0.393 e. The Morgan fingerprint density at radius 3 is 2.47 bits per heavy atom. The molecule has 1 heterocycles. The molecule has 4 aliphatic carbocycles. The Hall–Kier alpha value is -0.420. The molecule has 32 heavy (non-hydrogen) atoms. The number of hydrogen-bond acceptors (Lipinski definition) is 4. The van der Waals surface area contributed by atoms with Crippen LogP contribution in [0.5, 0.6) is 0 Å². The molecule has 3 saturated carbocycles. The SMILES string of the molecule is CC1=C2C[C@H]3[C@@H](C[C@@H](O)[C@H]4C[C@@H](O)CC[C@@]43C)[C@@H]2CC[C@@H]1[C@@H](C)[C@@H]1[C@H](O)C[C@@H](C)CN1C. The molecule has 0 aromatic heterocycles. The number of hydrogen-bond donors (Lipinski definition) is 3. The van der Waals surface area contributed by atoms with Gasteiger partial charge >= 0.3 is 0 Å². The maximum absolute atomic E-state index is 11.1. The molecule has 3 N–H and O–H groups in total. The van der Waals surface area contributed by atoms with Crippen LogP contribution < -0.4 is 0 Å². The van der Waals surface area contributed by atoms with E-state index in [1.165, 1.54) is 19.3 Å². The van der Waals surface area contributed by atoms with Crippen molar-refractivity contribution in [2.75, 3.05) is 13.6 Å². The van der Waals surface area contributed by atoms with Gasteiger partial charge in [0, 0.05) is 12.6 Å². The summed E-state index contributed by atoms with van der Waals surface area (Å²) in [6.07, 6.45) is 7.60. The lowest BCUT2D eigenvalue weighted by Crippen LogP contribution is -2.54. The minimum atomic E-state index is -0.250. The molecular formula is C28H47NO3. The molecule has 4 heteroatoms. The summed E-state index contributed by atoms with van der Waals surface area (Å²) in [5, 5.41) is 32.4. The molecule has 0 radical (unpaired) electrons. The lowest BCUT2D eigenvalue weighted by Gasteiger charge is -2.55. The van der Waals surface area contributed by atoms with Gasteiger partial charge in [0.2, 0.25) is 0 Å². The minimum absolute atomic E-state index is 0.170. The second-order valence-electron chi connectivity index (χ2n) is 13.0. The quantitative estimate of drug-likeness (QED) is 0.557. The van der Waals surface area contributed by atoms with Crippen LogP contribution in [0.25, 0.3) is 0 Å². The number of aliphatic hydroxyl groups excluding tert-OH is 3. The van der Waals surface area contributed by atoms with Gasteiger partial charge in [0.1, 0.15) is 0 Å². The lowest BCUT2D eigenvalue weighted by molar-refractivity contribution is -0.129. The van der Waals surface area contributed by atoms with Crippen LogP contribution in [-0.4, -0.2) is 58.2 Å². The van der Waals surface area contributed by atoms with Gasteiger partial charge in [-0.2, -0.15) is 0 Å². The second kappa shape index (κ2) is 8.36. The molecule has 4 fully saturated rings. The zero-order valence-electron chi connectivity index (χ0n) is 21.0. The van der Waals surface area contributed by atoms with Crippen molar-refractivity contribution in [2.24, 2.45) is 46.8 Å². The van der Waals surface area contributed by atoms with Crippen LogP contribution >= 0.6 is 0 Å². The van der Waals surface area contributed by atoms with Gasteiger partial charge in [0.15, 0.2) is 0 Å². The number of aliphatic hydroxyl groups is 3. The van der Waals surface area contributed by atoms with E-state index in [-0.39, 0.29) is 35.7 Å². The highest BCUT2D eigenvalue weighted by Crippen LogP contribution is 2.65. The highest BCUT2D eigenvalue weighted by Gasteiger charge is 2.59. The molecule has 0 aromatic rings. The number of likely N-dealkylation sites (N-methyl/N-ethyl adjacent to an activating group) is 1. The maximum atomic E-state index is 11.1. The van der Waals surface area contributed by atoms with Crippen molar-refractivity contribution < 1.29 is 15.3 Å². The normalized spacial score (nSPS) is 52.9. The Kier molecular flexibility index (Phi) is 6.09. The number of piperidine rings is 1. The van der Waals surface area contributed by atoms with Gasteiger partial charge in [0.05, 0.1) is 18.3 Å². The summed E-state index contributed by atoms with van der Waals surface area (Å²) < 4.78 is 0. The average molecular weight is 446 g/mol. The molecular weight excluding hydrogens is 398 g/mol. The molecule has 0 unspecified atom stereocenters. The fourth-order valence-electron chi connectivity index (χ4n) is 9.81. The number of rotatable bonds is 2. The second-order valence-corrected chi connectivity index (χ2v) is 13.0. The minimum Gasteiger partial charge on any atom is -0.393 e. The number of likely N-dealkylation sites (tertiary alicyclic amines) is 1. The van der Waals surface area contributed by atoms with Gasteiger partial charge in [-0.1, -0.05) is 31.9 Å². The summed E-state index contributed by atoms with van der Waals surface area (Å²) in [5.41, 5.74) is 3.50. The van der Waals surface area contributed by atoms with Gasteiger partial charge in [-0.25, -0.2) is 0 Å². The van der Waals surface area contributed by atoms with E-state index in [1.54, 1.807) is 11.1 Å². The van der Waals surface area contributed by atoms with Crippen LogP contribution in [0.3, 0.4) is 0 Å². The van der Waals surface area contributed by atoms with E-state index in [2.05, 4.69) is 39.6 Å². The highest BCUT2D eigenvalue weighted by atomic mass is 16.3. The summed E-state index contributed by atoms with van der Waals surface area (Å²) in [7, 11) is 2.21. The predicted molar refractivity (Wildman–Crippen MR) is 128 cm³/mol. The molecule has 5 aliphatic rings. The van der Waals surface area contributed by atoms with Crippen molar-refractivity contribution >= 4 is 0 Å². The first-order valence-corrected chi connectivity index (χ1v) is 13.6. The molecule has 12 atom stereocenters. The van der Waals surface area contributed by atoms with Gasteiger partial charge in [0.25, 0.3) is 0 Å². The first kappa shape index (κ1) is 23.3. The van der Waals surface area contributed by atoms with Crippen LogP contribution in [-0.2, 0) is 0 Å². The number of fused-ring (bicyclic) bond motifs is 5. The molecule has 1 aliphatic heterocycles. The Balaban J connectivity index is 1.41. The lowest BCUT2D eigenvalue weighted by atomic mass is 9.51. The van der Waals surface area contributed by atoms with Crippen molar-refractivity contribution in [3.05, 3.63) is 11.1 Å². The third-order valence-corrected chi connectivity index (χ3v) is 11.3. The van der Waals surface area contributed by atoms with E-state index < -0.39 is 0 Å². The first-order chi connectivity index (χ1) is 15.1. The monoisotopic (exact) mass is 445 g/mol. The van der Waals surface area contributed by atoms with Crippen molar-refractivity contribution in [2.45, 2.75) is 103 Å². The molecule has 1 saturated heterocycles. The Morgan fingerprint density at radius 1 is 1.00 bits per heavy atom. The maximum Gasteiger partial charge on any atom is 0.0701 e. The molecule has 5 rings (SSSR count). The predicted octanol–water partition coefficient (Wildman–Crippen LogP) is 4.23. The van der Waals surface area contributed by atoms with Crippen LogP contribution in [0.4, 0.5) is 0 Å². The van der Waals surface area contributed by atoms with Gasteiger partial charge < -0.3 is 20.2 Å². The highest BCUT2D eigenvalue weighted by molar-refractivity contribution is 5.30. The van der Waals surface area contributed by atoms with E-state index in [4.69, 9.17) is 0 Å². The van der Waals surface area contributed by atoms with Gasteiger partial charge in [-0.05, 0) is 112 Å². The number of nitrogens with zero attached hydrogens (tertiary/aromatic N) is 1. The molecule has 0 spiro atoms. The first-order valence-electron chi connectivity index (χ1n) is 13.6. The van der Waals surface area contributed by atoms with E-state index in [1.807, 2.05) is 0 Å². The summed E-state index contributed by atoms with van der Waals surface area (Å²) >= 11 is 0. The van der Waals surface area contributed by atoms with E-state index in [0.29, 0.717) is 35.5 Å². The van der Waals surface area contributed by atoms with Crippen LogP contribution in [0.1, 0.15) is 79.1 Å². The molecule has 0 aromatic carbocycles. The fourth-order valence-corrected chi connectivity index (χ4v) is 9.81. The van der Waals surface area contributed by atoms with Gasteiger partial charge in [-0.3, -0.25) is 0 Å². The van der Waals surface area contributed by atoms with Crippen molar-refractivity contribution in [1.29, 1.82) is 0 Å². The zero-order valence-corrected chi connectivity index (χ0v) is 21.0. The molecule has 4 nitrogen and oxygen atoms in total. The Morgan fingerprint density at radius 2 is 1.75 bits per heavy atom. The van der Waals surface area contributed by atoms with Crippen molar-refractivity contribution in [3.8, 4) is 0 Å². The van der Waals surface area contributed by atoms with Gasteiger partial charge in [-0.15, -0.1) is 0 Å². The summed E-state index contributed by atoms with van der Waals surface area (Å²) in [4.78, 5) is 2.43. The summed E-state index contributed by atoms with van der Waals surface area (Å²) in [5.74, 6) is 3.80. The average Bonchev–Trinajstić information content (AvgIpc) is 3.09. The standard InChI is InChI=1S/C28H47NO3/c1-15-10-26(32)27(29(5)14-15)17(3)19-6-7-20-21(16(19)2)12-23-22(20)13-25(31)24-11-18(30)8-9-28(23,24)4/h15,17-20,22-27,30-32H,6-14H2,1-5H3/t15-,17-,18+,19+,20-,22+,23+,24-,25-,26-,27-,28-/m1/s1. The van der Waals surface area contributed by atoms with Crippen LogP contribution in [0, 0.1) is 46.8 Å². The van der Waals surface area contributed by atoms with E-state index in [9.17, 15) is 15.3 Å². The van der Waals surface area contributed by atoms with Crippen LogP contribution in [0.2, 0.25) is 0 Å². The number of allylic oxidation sites excluding steroid dienone is 2. The van der Waals surface area contributed by atoms with E-state index in [0.717, 1.165) is 38.6 Å².